The SMILES string of the molecule is [2H]C([2H])([2H])c1ccc(N2c3cccc4c3B(c3sc5ccc(C([2H])([2H])[2H])cc5c32)c2cc3c(c5ccccc5n3-c3ccccc3)c3c5ccccc5n-4c23)cc1. The molecule has 2 aliphatic rings. The number of benzene rings is 7. The first-order valence-corrected chi connectivity index (χ1v) is 18.0. The molecule has 0 aliphatic carbocycles. The van der Waals surface area contributed by atoms with E-state index in [1.54, 1.807) is 29.5 Å². The second-order valence-corrected chi connectivity index (χ2v) is 14.8. The van der Waals surface area contributed by atoms with Crippen molar-refractivity contribution >= 4 is 105 Å². The van der Waals surface area contributed by atoms with Crippen LogP contribution >= 0.6 is 11.3 Å². The fourth-order valence-electron chi connectivity index (χ4n) is 9.15. The lowest BCUT2D eigenvalue weighted by Gasteiger charge is -2.39. The maximum absolute atomic E-state index is 8.36. The number of hydrogen-bond acceptors (Lipinski definition) is 2. The van der Waals surface area contributed by atoms with E-state index in [1.807, 2.05) is 24.3 Å². The fraction of sp³-hybridized carbons (Fsp3) is 0.0435. The molecule has 3 aromatic heterocycles. The first kappa shape index (κ1) is 22.6. The predicted molar refractivity (Wildman–Crippen MR) is 219 cm³/mol. The van der Waals surface area contributed by atoms with Gasteiger partial charge in [-0.15, -0.1) is 11.3 Å². The van der Waals surface area contributed by atoms with Crippen LogP contribution in [0.2, 0.25) is 0 Å². The summed E-state index contributed by atoms with van der Waals surface area (Å²) in [5, 5.41) is 5.67. The van der Waals surface area contributed by atoms with Gasteiger partial charge in [0.1, 0.15) is 0 Å². The number of nitrogens with zero attached hydrogens (tertiary/aromatic N) is 3. The number of para-hydroxylation sites is 3. The summed E-state index contributed by atoms with van der Waals surface area (Å²) in [5.74, 6) is 0. The van der Waals surface area contributed by atoms with Crippen LogP contribution in [0.3, 0.4) is 0 Å². The first-order chi connectivity index (χ1) is 27.6. The standard InChI is InChI=1S/C46H30BN3S/c1-27-19-22-30(23-20-27)49-37-17-10-18-38-43(37)47(46-44(49)33-25-28(2)21-24-40(33)51-46)34-26-39-41(42-32-14-7-9-16-36(32)50(38)45(34)42)31-13-6-8-15-35(31)48(39)29-11-4-3-5-12-29/h3-26H,1-2H3/i1D3,2D3. The molecule has 10 aromatic rings. The van der Waals surface area contributed by atoms with Crippen molar-refractivity contribution in [2.75, 3.05) is 4.90 Å². The van der Waals surface area contributed by atoms with E-state index >= 15 is 0 Å². The molecule has 0 atom stereocenters. The molecule has 5 heterocycles. The predicted octanol–water partition coefficient (Wildman–Crippen LogP) is 10.3. The van der Waals surface area contributed by atoms with Gasteiger partial charge in [-0.25, -0.2) is 0 Å². The molecule has 12 rings (SSSR count). The Kier molecular flexibility index (Phi) is 4.35. The van der Waals surface area contributed by atoms with Gasteiger partial charge in [0.05, 0.1) is 27.8 Å². The van der Waals surface area contributed by atoms with E-state index < -0.39 is 13.7 Å². The summed E-state index contributed by atoms with van der Waals surface area (Å²) >= 11 is 1.71. The zero-order valence-electron chi connectivity index (χ0n) is 33.2. The molecule has 0 unspecified atom stereocenters. The average Bonchev–Trinajstić information content (AvgIpc) is 3.87. The highest BCUT2D eigenvalue weighted by molar-refractivity contribution is 7.33. The molecule has 3 nitrogen and oxygen atoms in total. The molecule has 5 heteroatoms. The second kappa shape index (κ2) is 9.81. The lowest BCUT2D eigenvalue weighted by Crippen LogP contribution is -2.59. The van der Waals surface area contributed by atoms with Crippen molar-refractivity contribution in [2.24, 2.45) is 0 Å². The van der Waals surface area contributed by atoms with Gasteiger partial charge in [-0.3, -0.25) is 0 Å². The Morgan fingerprint density at radius 2 is 1.25 bits per heavy atom. The van der Waals surface area contributed by atoms with E-state index in [0.717, 1.165) is 65.3 Å². The third-order valence-electron chi connectivity index (χ3n) is 11.1. The first-order valence-electron chi connectivity index (χ1n) is 20.2. The van der Waals surface area contributed by atoms with E-state index in [0.29, 0.717) is 0 Å². The van der Waals surface area contributed by atoms with Crippen molar-refractivity contribution in [3.8, 4) is 11.4 Å². The summed E-state index contributed by atoms with van der Waals surface area (Å²) < 4.78 is 56.2. The minimum absolute atomic E-state index is 0.177. The molecule has 0 saturated heterocycles. The Hall–Kier alpha value is -6.04. The highest BCUT2D eigenvalue weighted by atomic mass is 32.1. The van der Waals surface area contributed by atoms with Crippen LogP contribution in [0.1, 0.15) is 19.4 Å². The molecule has 0 spiro atoms. The zero-order valence-corrected chi connectivity index (χ0v) is 28.0. The van der Waals surface area contributed by atoms with Crippen LogP contribution in [0.25, 0.3) is 65.1 Å². The van der Waals surface area contributed by atoms with Crippen LogP contribution in [0.5, 0.6) is 0 Å². The third-order valence-corrected chi connectivity index (χ3v) is 12.3. The molecule has 0 radical (unpaired) electrons. The Morgan fingerprint density at radius 3 is 2.06 bits per heavy atom. The summed E-state index contributed by atoms with van der Waals surface area (Å²) in [6, 6.07) is 49.5. The van der Waals surface area contributed by atoms with Crippen LogP contribution < -0.4 is 20.6 Å². The number of aryl methyl sites for hydroxylation is 2. The minimum atomic E-state index is -2.29. The van der Waals surface area contributed by atoms with E-state index in [9.17, 15) is 0 Å². The molecular weight excluding hydrogens is 637 g/mol. The van der Waals surface area contributed by atoms with Crippen LogP contribution in [0, 0.1) is 13.7 Å². The van der Waals surface area contributed by atoms with Gasteiger partial charge in [-0.2, -0.15) is 0 Å². The third kappa shape index (κ3) is 3.49. The normalized spacial score (nSPS) is 15.5. The van der Waals surface area contributed by atoms with Crippen molar-refractivity contribution in [1.82, 2.24) is 9.13 Å². The van der Waals surface area contributed by atoms with Gasteiger partial charge in [0.2, 0.25) is 0 Å². The van der Waals surface area contributed by atoms with Gasteiger partial charge in [-0.05, 0) is 91.4 Å². The van der Waals surface area contributed by atoms with Gasteiger partial charge in [0.25, 0.3) is 6.71 Å². The van der Waals surface area contributed by atoms with E-state index in [2.05, 4.69) is 117 Å². The molecule has 0 saturated carbocycles. The Morgan fingerprint density at radius 1 is 0.549 bits per heavy atom. The molecular formula is C46H30BN3S. The highest BCUT2D eigenvalue weighted by Gasteiger charge is 2.44. The van der Waals surface area contributed by atoms with Crippen molar-refractivity contribution in [3.63, 3.8) is 0 Å². The van der Waals surface area contributed by atoms with Crippen molar-refractivity contribution < 1.29 is 8.22 Å². The van der Waals surface area contributed by atoms with Crippen LogP contribution in [-0.2, 0) is 0 Å². The lowest BCUT2D eigenvalue weighted by molar-refractivity contribution is 1.17. The van der Waals surface area contributed by atoms with Crippen LogP contribution in [-0.4, -0.2) is 15.8 Å². The van der Waals surface area contributed by atoms with Crippen LogP contribution in [0.4, 0.5) is 17.1 Å². The topological polar surface area (TPSA) is 13.1 Å². The van der Waals surface area contributed by atoms with E-state index in [4.69, 9.17) is 8.22 Å². The van der Waals surface area contributed by atoms with Crippen molar-refractivity contribution in [1.29, 1.82) is 0 Å². The summed E-state index contributed by atoms with van der Waals surface area (Å²) in [6.45, 7) is -4.71. The van der Waals surface area contributed by atoms with Gasteiger partial charge < -0.3 is 14.0 Å². The van der Waals surface area contributed by atoms with Crippen molar-refractivity contribution in [3.05, 3.63) is 157 Å². The maximum atomic E-state index is 8.36. The molecule has 0 N–H and O–H groups in total. The second-order valence-electron chi connectivity index (χ2n) is 13.7. The summed E-state index contributed by atoms with van der Waals surface area (Å²) in [4.78, 5) is 2.23. The van der Waals surface area contributed by atoms with E-state index in [1.165, 1.54) is 32.5 Å². The fourth-order valence-corrected chi connectivity index (χ4v) is 10.4. The van der Waals surface area contributed by atoms with Crippen LogP contribution in [0.15, 0.2) is 146 Å². The van der Waals surface area contributed by atoms with Gasteiger partial charge in [0.15, 0.2) is 0 Å². The summed E-state index contributed by atoms with van der Waals surface area (Å²) in [6.07, 6.45) is 0. The number of anilines is 3. The average molecular weight is 674 g/mol. The number of aromatic nitrogens is 2. The Labute approximate surface area is 307 Å². The number of fused-ring (bicyclic) bond motifs is 13. The largest absolute Gasteiger partial charge is 0.310 e. The monoisotopic (exact) mass is 673 g/mol. The van der Waals surface area contributed by atoms with E-state index in [-0.39, 0.29) is 17.8 Å². The Balaban J connectivity index is 1.27. The lowest BCUT2D eigenvalue weighted by atomic mass is 9.36. The minimum Gasteiger partial charge on any atom is -0.310 e. The van der Waals surface area contributed by atoms with Gasteiger partial charge in [-0.1, -0.05) is 90.0 Å². The molecule has 0 bridgehead atoms. The summed E-state index contributed by atoms with van der Waals surface area (Å²) in [5.41, 5.74) is 12.4. The molecule has 238 valence electrons. The number of rotatable bonds is 2. The molecule has 0 fully saturated rings. The zero-order chi connectivity index (χ0) is 38.5. The number of hydrogen-bond donors (Lipinski definition) is 0. The molecule has 7 aromatic carbocycles. The maximum Gasteiger partial charge on any atom is 0.264 e. The molecule has 0 amide bonds. The van der Waals surface area contributed by atoms with Gasteiger partial charge in [0, 0.05) is 67.4 Å². The molecule has 2 aliphatic heterocycles. The molecule has 51 heavy (non-hydrogen) atoms. The highest BCUT2D eigenvalue weighted by Crippen LogP contribution is 2.48. The van der Waals surface area contributed by atoms with Crippen molar-refractivity contribution in [2.45, 2.75) is 13.7 Å². The summed E-state index contributed by atoms with van der Waals surface area (Å²) in [7, 11) is 0. The Bertz CT molecular complexity index is 3340. The quantitative estimate of drug-likeness (QED) is 0.167. The smallest absolute Gasteiger partial charge is 0.264 e. The van der Waals surface area contributed by atoms with Gasteiger partial charge >= 0.3 is 0 Å². The number of thiophene rings is 1.